The van der Waals surface area contributed by atoms with Gasteiger partial charge >= 0.3 is 0 Å². The standard InChI is InChI=1S/C23H23N2O/c1-18-7-9-20(10-8-18)23(26)17-24-13-12-22-21(16-24)11-14-25(22)15-19-5-3-2-4-6-19/h2-10,12-13,16H,11,14-15,17H2,1H3/q+1. The lowest BCUT2D eigenvalue weighted by molar-refractivity contribution is -0.683. The summed E-state index contributed by atoms with van der Waals surface area (Å²) in [5.74, 6) is 0.147. The van der Waals surface area contributed by atoms with Gasteiger partial charge in [-0.2, -0.15) is 4.57 Å². The van der Waals surface area contributed by atoms with Gasteiger partial charge in [0.05, 0.1) is 5.69 Å². The van der Waals surface area contributed by atoms with E-state index in [1.165, 1.54) is 22.4 Å². The van der Waals surface area contributed by atoms with E-state index in [-0.39, 0.29) is 5.78 Å². The van der Waals surface area contributed by atoms with Crippen LogP contribution in [-0.4, -0.2) is 12.3 Å². The predicted octanol–water partition coefficient (Wildman–Crippen LogP) is 3.73. The third-order valence-electron chi connectivity index (χ3n) is 4.98. The minimum Gasteiger partial charge on any atom is -0.366 e. The zero-order chi connectivity index (χ0) is 17.9. The van der Waals surface area contributed by atoms with E-state index in [4.69, 9.17) is 0 Å². The van der Waals surface area contributed by atoms with Crippen molar-refractivity contribution < 1.29 is 9.36 Å². The van der Waals surface area contributed by atoms with Crippen molar-refractivity contribution in [1.29, 1.82) is 0 Å². The zero-order valence-corrected chi connectivity index (χ0v) is 15.1. The highest BCUT2D eigenvalue weighted by molar-refractivity contribution is 5.95. The average molecular weight is 343 g/mol. The van der Waals surface area contributed by atoms with Crippen LogP contribution in [0.2, 0.25) is 0 Å². The maximum Gasteiger partial charge on any atom is 0.227 e. The first-order valence-electron chi connectivity index (χ1n) is 9.10. The Labute approximate surface area is 154 Å². The van der Waals surface area contributed by atoms with Crippen molar-refractivity contribution >= 4 is 11.5 Å². The quantitative estimate of drug-likeness (QED) is 0.521. The lowest BCUT2D eigenvalue weighted by Gasteiger charge is -2.18. The van der Waals surface area contributed by atoms with Gasteiger partial charge in [0.25, 0.3) is 0 Å². The van der Waals surface area contributed by atoms with E-state index in [1.807, 2.05) is 42.0 Å². The van der Waals surface area contributed by atoms with Crippen LogP contribution in [0.4, 0.5) is 5.69 Å². The summed E-state index contributed by atoms with van der Waals surface area (Å²) in [6, 6.07) is 20.5. The average Bonchev–Trinajstić information content (AvgIpc) is 3.05. The van der Waals surface area contributed by atoms with Gasteiger partial charge in [0.1, 0.15) is 0 Å². The van der Waals surface area contributed by atoms with Crippen LogP contribution in [0.5, 0.6) is 0 Å². The Balaban J connectivity index is 1.48. The Morgan fingerprint density at radius 3 is 2.58 bits per heavy atom. The van der Waals surface area contributed by atoms with E-state index in [1.54, 1.807) is 0 Å². The molecule has 0 atom stereocenters. The summed E-state index contributed by atoms with van der Waals surface area (Å²) in [7, 11) is 0. The zero-order valence-electron chi connectivity index (χ0n) is 15.1. The second-order valence-corrected chi connectivity index (χ2v) is 6.97. The van der Waals surface area contributed by atoms with Crippen LogP contribution in [0, 0.1) is 6.92 Å². The fourth-order valence-electron chi connectivity index (χ4n) is 3.52. The molecule has 1 aliphatic heterocycles. The van der Waals surface area contributed by atoms with E-state index < -0.39 is 0 Å². The fraction of sp³-hybridized carbons (Fsp3) is 0.217. The highest BCUT2D eigenvalue weighted by atomic mass is 16.1. The molecule has 130 valence electrons. The molecular formula is C23H23N2O+. The van der Waals surface area contributed by atoms with Gasteiger partial charge in [-0.3, -0.25) is 4.79 Å². The van der Waals surface area contributed by atoms with Crippen LogP contribution >= 0.6 is 0 Å². The molecule has 3 heteroatoms. The molecule has 0 fully saturated rings. The Morgan fingerprint density at radius 2 is 1.81 bits per heavy atom. The molecule has 3 aromatic rings. The van der Waals surface area contributed by atoms with Gasteiger partial charge in [0, 0.05) is 30.3 Å². The largest absolute Gasteiger partial charge is 0.366 e. The number of ketones is 1. The highest BCUT2D eigenvalue weighted by Crippen LogP contribution is 2.27. The number of fused-ring (bicyclic) bond motifs is 1. The van der Waals surface area contributed by atoms with E-state index >= 15 is 0 Å². The smallest absolute Gasteiger partial charge is 0.227 e. The number of nitrogens with zero attached hydrogens (tertiary/aromatic N) is 2. The van der Waals surface area contributed by atoms with E-state index in [0.717, 1.165) is 25.1 Å². The molecule has 4 rings (SSSR count). The van der Waals surface area contributed by atoms with Crippen LogP contribution in [0.3, 0.4) is 0 Å². The molecule has 0 N–H and O–H groups in total. The number of pyridine rings is 1. The molecule has 0 saturated carbocycles. The molecule has 0 bridgehead atoms. The van der Waals surface area contributed by atoms with E-state index in [9.17, 15) is 4.79 Å². The monoisotopic (exact) mass is 343 g/mol. The predicted molar refractivity (Wildman–Crippen MR) is 103 cm³/mol. The molecule has 0 unspecified atom stereocenters. The molecule has 2 aromatic carbocycles. The number of hydrogen-bond acceptors (Lipinski definition) is 2. The summed E-state index contributed by atoms with van der Waals surface area (Å²) in [6.45, 7) is 4.38. The SMILES string of the molecule is Cc1ccc(C(=O)C[n+]2ccc3c(c2)CCN3Cc2ccccc2)cc1. The molecular weight excluding hydrogens is 320 g/mol. The fourth-order valence-corrected chi connectivity index (χ4v) is 3.52. The van der Waals surface area contributed by atoms with E-state index in [2.05, 4.69) is 47.5 Å². The minimum absolute atomic E-state index is 0.147. The highest BCUT2D eigenvalue weighted by Gasteiger charge is 2.23. The molecule has 0 aliphatic carbocycles. The van der Waals surface area contributed by atoms with Crippen molar-refractivity contribution in [1.82, 2.24) is 0 Å². The lowest BCUT2D eigenvalue weighted by Crippen LogP contribution is -2.37. The number of rotatable bonds is 5. The summed E-state index contributed by atoms with van der Waals surface area (Å²) in [5.41, 5.74) is 5.87. The number of Topliss-reactive ketones (excluding diaryl/α,β-unsaturated/α-hetero) is 1. The summed E-state index contributed by atoms with van der Waals surface area (Å²) in [4.78, 5) is 14.9. The first-order chi connectivity index (χ1) is 12.7. The van der Waals surface area contributed by atoms with Crippen molar-refractivity contribution in [3.63, 3.8) is 0 Å². The van der Waals surface area contributed by atoms with Crippen molar-refractivity contribution in [3.05, 3.63) is 95.3 Å². The summed E-state index contributed by atoms with van der Waals surface area (Å²) in [5, 5.41) is 0. The molecule has 0 amide bonds. The second-order valence-electron chi connectivity index (χ2n) is 6.97. The van der Waals surface area contributed by atoms with Crippen molar-refractivity contribution in [3.8, 4) is 0 Å². The van der Waals surface area contributed by atoms with Gasteiger partial charge in [0.15, 0.2) is 12.4 Å². The molecule has 1 aromatic heterocycles. The van der Waals surface area contributed by atoms with Crippen LogP contribution in [0.1, 0.15) is 27.0 Å². The lowest BCUT2D eigenvalue weighted by atomic mass is 10.1. The Hall–Kier alpha value is -2.94. The summed E-state index contributed by atoms with van der Waals surface area (Å²) >= 11 is 0. The third kappa shape index (κ3) is 3.52. The normalized spacial score (nSPS) is 12.9. The Morgan fingerprint density at radius 1 is 1.04 bits per heavy atom. The van der Waals surface area contributed by atoms with Gasteiger partial charge in [-0.1, -0.05) is 60.2 Å². The van der Waals surface area contributed by atoms with E-state index in [0.29, 0.717) is 6.54 Å². The van der Waals surface area contributed by atoms with Crippen LogP contribution in [-0.2, 0) is 19.5 Å². The summed E-state index contributed by atoms with van der Waals surface area (Å²) < 4.78 is 2.01. The van der Waals surface area contributed by atoms with Crippen LogP contribution < -0.4 is 9.47 Å². The van der Waals surface area contributed by atoms with Gasteiger partial charge in [0.2, 0.25) is 12.3 Å². The number of aryl methyl sites for hydroxylation is 1. The van der Waals surface area contributed by atoms with Crippen molar-refractivity contribution in [2.45, 2.75) is 26.4 Å². The number of carbonyl (C=O) groups is 1. The molecule has 26 heavy (non-hydrogen) atoms. The number of carbonyl (C=O) groups excluding carboxylic acids is 1. The first kappa shape index (κ1) is 16.5. The minimum atomic E-state index is 0.147. The topological polar surface area (TPSA) is 24.2 Å². The number of hydrogen-bond donors (Lipinski definition) is 0. The molecule has 3 nitrogen and oxygen atoms in total. The maximum atomic E-state index is 12.5. The molecule has 2 heterocycles. The van der Waals surface area contributed by atoms with Crippen LogP contribution in [0.15, 0.2) is 73.1 Å². The third-order valence-corrected chi connectivity index (χ3v) is 4.98. The Kier molecular flexibility index (Phi) is 4.53. The van der Waals surface area contributed by atoms with Gasteiger partial charge in [-0.25, -0.2) is 0 Å². The second kappa shape index (κ2) is 7.12. The molecule has 0 radical (unpaired) electrons. The van der Waals surface area contributed by atoms with Crippen molar-refractivity contribution in [2.24, 2.45) is 0 Å². The maximum absolute atomic E-state index is 12.5. The van der Waals surface area contributed by atoms with Crippen LogP contribution in [0.25, 0.3) is 0 Å². The summed E-state index contributed by atoms with van der Waals surface area (Å²) in [6.07, 6.45) is 5.18. The van der Waals surface area contributed by atoms with Gasteiger partial charge < -0.3 is 4.90 Å². The molecule has 0 saturated heterocycles. The van der Waals surface area contributed by atoms with Gasteiger partial charge in [-0.05, 0) is 18.9 Å². The van der Waals surface area contributed by atoms with Crippen molar-refractivity contribution in [2.75, 3.05) is 11.4 Å². The number of benzene rings is 2. The first-order valence-corrected chi connectivity index (χ1v) is 9.10. The number of aromatic nitrogens is 1. The number of anilines is 1. The Bertz CT molecular complexity index is 917. The van der Waals surface area contributed by atoms with Gasteiger partial charge in [-0.15, -0.1) is 0 Å². The molecule has 1 aliphatic rings. The molecule has 0 spiro atoms.